The Labute approximate surface area is 130 Å². The predicted octanol–water partition coefficient (Wildman–Crippen LogP) is 1.96. The molecule has 1 N–H and O–H groups in total. The van der Waals surface area contributed by atoms with Gasteiger partial charge in [0.15, 0.2) is 0 Å². The van der Waals surface area contributed by atoms with Crippen LogP contribution in [-0.2, 0) is 9.53 Å². The fraction of sp³-hybridized carbons (Fsp3) is 0.438. The molecule has 6 nitrogen and oxygen atoms in total. The summed E-state index contributed by atoms with van der Waals surface area (Å²) < 4.78 is 4.54. The summed E-state index contributed by atoms with van der Waals surface area (Å²) in [4.78, 5) is 22.9. The third kappa shape index (κ3) is 4.31. The molecule has 1 aromatic carbocycles. The highest BCUT2D eigenvalue weighted by atomic mass is 16.5. The number of carbonyl (C=O) groups excluding carboxylic acids is 2. The van der Waals surface area contributed by atoms with Crippen LogP contribution in [0, 0.1) is 0 Å². The van der Waals surface area contributed by atoms with E-state index in [-0.39, 0.29) is 11.9 Å². The van der Waals surface area contributed by atoms with Crippen molar-refractivity contribution in [2.75, 3.05) is 25.2 Å². The Bertz CT molecular complexity index is 567. The summed E-state index contributed by atoms with van der Waals surface area (Å²) in [5, 5.41) is 9.15. The van der Waals surface area contributed by atoms with Crippen molar-refractivity contribution in [1.29, 1.82) is 0 Å². The van der Waals surface area contributed by atoms with Gasteiger partial charge in [-0.25, -0.2) is 0 Å². The van der Waals surface area contributed by atoms with E-state index in [0.717, 1.165) is 24.4 Å². The lowest BCUT2D eigenvalue weighted by Crippen LogP contribution is -2.25. The highest BCUT2D eigenvalue weighted by molar-refractivity contribution is 5.94. The second-order valence-electron chi connectivity index (χ2n) is 5.19. The van der Waals surface area contributed by atoms with Gasteiger partial charge in [0.1, 0.15) is 0 Å². The third-order valence-corrected chi connectivity index (χ3v) is 3.48. The third-order valence-electron chi connectivity index (χ3n) is 3.48. The number of hydrogen-bond acceptors (Lipinski definition) is 5. The van der Waals surface area contributed by atoms with Crippen LogP contribution in [0.5, 0.6) is 0 Å². The summed E-state index contributed by atoms with van der Waals surface area (Å²) in [7, 11) is 1.36. The number of carbonyl (C=O) groups is 2. The first-order chi connectivity index (χ1) is 10.6. The van der Waals surface area contributed by atoms with Gasteiger partial charge in [-0.3, -0.25) is 14.6 Å². The first kappa shape index (κ1) is 16.0. The van der Waals surface area contributed by atoms with Crippen LogP contribution in [0.15, 0.2) is 29.4 Å². The lowest BCUT2D eigenvalue weighted by molar-refractivity contribution is -0.140. The molecule has 0 bridgehead atoms. The van der Waals surface area contributed by atoms with Crippen molar-refractivity contribution in [2.45, 2.75) is 26.2 Å². The molecule has 0 spiro atoms. The second kappa shape index (κ2) is 7.59. The molecule has 0 atom stereocenters. The molecule has 2 rings (SSSR count). The SMILES string of the molecule is COC(=O)CCCNC(=O)c1ccc(N2CCC(C)=N2)cc1. The molecule has 0 aliphatic carbocycles. The molecule has 118 valence electrons. The van der Waals surface area contributed by atoms with Crippen molar-refractivity contribution in [3.8, 4) is 0 Å². The van der Waals surface area contributed by atoms with Crippen LogP contribution in [0.3, 0.4) is 0 Å². The number of amides is 1. The fourth-order valence-corrected chi connectivity index (χ4v) is 2.18. The minimum absolute atomic E-state index is 0.141. The molecule has 1 aliphatic rings. The number of hydrazone groups is 1. The Kier molecular flexibility index (Phi) is 5.52. The molecule has 0 radical (unpaired) electrons. The van der Waals surface area contributed by atoms with Gasteiger partial charge in [-0.15, -0.1) is 0 Å². The van der Waals surface area contributed by atoms with Gasteiger partial charge < -0.3 is 10.1 Å². The molecular formula is C16H21N3O3. The molecule has 22 heavy (non-hydrogen) atoms. The number of ether oxygens (including phenoxy) is 1. The zero-order valence-corrected chi connectivity index (χ0v) is 13.0. The van der Waals surface area contributed by atoms with Gasteiger partial charge in [-0.2, -0.15) is 5.10 Å². The molecule has 0 saturated heterocycles. The maximum absolute atomic E-state index is 12.0. The van der Waals surface area contributed by atoms with E-state index in [1.807, 2.05) is 24.1 Å². The van der Waals surface area contributed by atoms with Crippen molar-refractivity contribution in [2.24, 2.45) is 5.10 Å². The van der Waals surface area contributed by atoms with Gasteiger partial charge in [-0.1, -0.05) is 0 Å². The number of rotatable bonds is 6. The van der Waals surface area contributed by atoms with Crippen molar-refractivity contribution in [3.05, 3.63) is 29.8 Å². The maximum Gasteiger partial charge on any atom is 0.305 e. The van der Waals surface area contributed by atoms with E-state index in [9.17, 15) is 9.59 Å². The summed E-state index contributed by atoms with van der Waals surface area (Å²) >= 11 is 0. The van der Waals surface area contributed by atoms with Crippen LogP contribution < -0.4 is 10.3 Å². The molecule has 1 amide bonds. The Morgan fingerprint density at radius 1 is 1.32 bits per heavy atom. The molecule has 6 heteroatoms. The fourth-order valence-electron chi connectivity index (χ4n) is 2.18. The number of nitrogens with one attached hydrogen (secondary N) is 1. The number of nitrogens with zero attached hydrogens (tertiary/aromatic N) is 2. The molecule has 1 heterocycles. The van der Waals surface area contributed by atoms with E-state index in [1.165, 1.54) is 7.11 Å². The molecular weight excluding hydrogens is 282 g/mol. The Morgan fingerprint density at radius 2 is 2.05 bits per heavy atom. The number of benzene rings is 1. The zero-order valence-electron chi connectivity index (χ0n) is 13.0. The van der Waals surface area contributed by atoms with E-state index in [1.54, 1.807) is 12.1 Å². The minimum atomic E-state index is -0.264. The van der Waals surface area contributed by atoms with E-state index < -0.39 is 0 Å². The standard InChI is InChI=1S/C16H21N3O3/c1-12-9-11-19(18-12)14-7-5-13(6-8-14)16(21)17-10-3-4-15(20)22-2/h5-8H,3-4,9-11H2,1-2H3,(H,17,21). The summed E-state index contributed by atoms with van der Waals surface area (Å²) in [5.74, 6) is -0.405. The zero-order chi connectivity index (χ0) is 15.9. The lowest BCUT2D eigenvalue weighted by Gasteiger charge is -2.14. The molecule has 1 aromatic rings. The Balaban J connectivity index is 1.82. The molecule has 0 unspecified atom stereocenters. The molecule has 0 aromatic heterocycles. The van der Waals surface area contributed by atoms with Crippen LogP contribution in [0.1, 0.15) is 36.5 Å². The second-order valence-corrected chi connectivity index (χ2v) is 5.19. The van der Waals surface area contributed by atoms with Crippen LogP contribution in [0.25, 0.3) is 0 Å². The number of anilines is 1. The molecule has 0 saturated carbocycles. The van der Waals surface area contributed by atoms with E-state index in [0.29, 0.717) is 24.9 Å². The van der Waals surface area contributed by atoms with Crippen molar-refractivity contribution in [1.82, 2.24) is 5.32 Å². The summed E-state index contributed by atoms with van der Waals surface area (Å²) in [5.41, 5.74) is 2.70. The minimum Gasteiger partial charge on any atom is -0.469 e. The van der Waals surface area contributed by atoms with E-state index >= 15 is 0 Å². The normalized spacial score (nSPS) is 13.7. The quantitative estimate of drug-likeness (QED) is 0.644. The monoisotopic (exact) mass is 303 g/mol. The Morgan fingerprint density at radius 3 is 2.64 bits per heavy atom. The van der Waals surface area contributed by atoms with Gasteiger partial charge in [-0.05, 0) is 37.6 Å². The van der Waals surface area contributed by atoms with Gasteiger partial charge in [0.25, 0.3) is 5.91 Å². The van der Waals surface area contributed by atoms with Crippen LogP contribution in [0.4, 0.5) is 5.69 Å². The predicted molar refractivity (Wildman–Crippen MR) is 85.1 cm³/mol. The molecule has 0 fully saturated rings. The highest BCUT2D eigenvalue weighted by Crippen LogP contribution is 2.19. The van der Waals surface area contributed by atoms with Gasteiger partial charge in [0.05, 0.1) is 12.8 Å². The number of esters is 1. The van der Waals surface area contributed by atoms with Crippen LogP contribution in [0.2, 0.25) is 0 Å². The number of methoxy groups -OCH3 is 1. The van der Waals surface area contributed by atoms with Gasteiger partial charge >= 0.3 is 5.97 Å². The van der Waals surface area contributed by atoms with E-state index in [2.05, 4.69) is 15.2 Å². The first-order valence-corrected chi connectivity index (χ1v) is 7.37. The smallest absolute Gasteiger partial charge is 0.305 e. The maximum atomic E-state index is 12.0. The van der Waals surface area contributed by atoms with Gasteiger partial charge in [0, 0.05) is 37.2 Å². The topological polar surface area (TPSA) is 71.0 Å². The number of hydrogen-bond donors (Lipinski definition) is 1. The van der Waals surface area contributed by atoms with Crippen LogP contribution >= 0.6 is 0 Å². The summed E-state index contributed by atoms with van der Waals surface area (Å²) in [6.45, 7) is 3.34. The Hall–Kier alpha value is -2.37. The van der Waals surface area contributed by atoms with E-state index in [4.69, 9.17) is 0 Å². The van der Waals surface area contributed by atoms with Crippen molar-refractivity contribution < 1.29 is 14.3 Å². The van der Waals surface area contributed by atoms with Crippen molar-refractivity contribution >= 4 is 23.3 Å². The lowest BCUT2D eigenvalue weighted by atomic mass is 10.2. The highest BCUT2D eigenvalue weighted by Gasteiger charge is 2.13. The average Bonchev–Trinajstić information content (AvgIpc) is 2.97. The summed E-state index contributed by atoms with van der Waals surface area (Å²) in [6.07, 6.45) is 1.85. The van der Waals surface area contributed by atoms with Gasteiger partial charge in [0.2, 0.25) is 0 Å². The first-order valence-electron chi connectivity index (χ1n) is 7.37. The average molecular weight is 303 g/mol. The van der Waals surface area contributed by atoms with Crippen molar-refractivity contribution in [3.63, 3.8) is 0 Å². The molecule has 1 aliphatic heterocycles. The largest absolute Gasteiger partial charge is 0.469 e. The van der Waals surface area contributed by atoms with Crippen LogP contribution in [-0.4, -0.2) is 37.8 Å². The summed E-state index contributed by atoms with van der Waals surface area (Å²) in [6, 6.07) is 7.36.